The van der Waals surface area contributed by atoms with Gasteiger partial charge in [-0.25, -0.2) is 0 Å². The van der Waals surface area contributed by atoms with Crippen LogP contribution in [0.2, 0.25) is 0 Å². The van der Waals surface area contributed by atoms with Crippen LogP contribution in [-0.2, 0) is 20.4 Å². The average Bonchev–Trinajstić information content (AvgIpc) is 2.49. The molecule has 0 aromatic heterocycles. The Morgan fingerprint density at radius 3 is 0.955 bits per heavy atom. The van der Waals surface area contributed by atoms with Crippen LogP contribution in [-0.4, -0.2) is 84.3 Å². The number of hydrogen-bond donors (Lipinski definition) is 0. The van der Waals surface area contributed by atoms with Crippen molar-refractivity contribution in [3.05, 3.63) is 0 Å². The minimum absolute atomic E-state index is 1.09. The van der Waals surface area contributed by atoms with Crippen LogP contribution in [0.4, 0.5) is 0 Å². The molecule has 0 amide bonds. The summed E-state index contributed by atoms with van der Waals surface area (Å²) >= 11 is 13.8. The van der Waals surface area contributed by atoms with Gasteiger partial charge in [0, 0.05) is 0 Å². The summed E-state index contributed by atoms with van der Waals surface area (Å²) in [6.07, 6.45) is 0. The van der Waals surface area contributed by atoms with Gasteiger partial charge in [-0.2, -0.15) is 0 Å². The second-order valence-corrected chi connectivity index (χ2v) is 22.9. The van der Waals surface area contributed by atoms with Gasteiger partial charge in [0.1, 0.15) is 0 Å². The molecule has 0 unspecified atom stereocenters. The average molecular weight is 435 g/mol. The van der Waals surface area contributed by atoms with Crippen molar-refractivity contribution in [3.63, 3.8) is 0 Å². The predicted octanol–water partition coefficient (Wildman–Crippen LogP) is 0.842. The standard InChI is InChI=1S/C6H18Cl2N6O4P2S2/c1-9-19(7,11(3)21(15,16)12(19)4)10(2)20(9,8)13(5)22(17,18)14(20)6/h1-6H3. The third-order valence-corrected chi connectivity index (χ3v) is 33.6. The van der Waals surface area contributed by atoms with Gasteiger partial charge in [0.25, 0.3) is 0 Å². The van der Waals surface area contributed by atoms with Gasteiger partial charge in [-0.15, -0.1) is 0 Å². The normalized spacial score (nSPS) is 43.1. The fourth-order valence-corrected chi connectivity index (χ4v) is 36.0. The minimum atomic E-state index is -3.86. The molecule has 3 saturated heterocycles. The van der Waals surface area contributed by atoms with Crippen molar-refractivity contribution in [2.45, 2.75) is 0 Å². The predicted molar refractivity (Wildman–Crippen MR) is 90.0 cm³/mol. The second-order valence-electron chi connectivity index (χ2n) is 5.41. The summed E-state index contributed by atoms with van der Waals surface area (Å²) in [4.78, 5) is 0. The number of hydrogen-bond acceptors (Lipinski definition) is 6. The third-order valence-electron chi connectivity index (χ3n) is 5.26. The first-order valence-corrected chi connectivity index (χ1v) is 14.7. The Morgan fingerprint density at radius 2 is 0.773 bits per heavy atom. The summed E-state index contributed by atoms with van der Waals surface area (Å²) in [5.74, 6) is 0. The fourth-order valence-electron chi connectivity index (χ4n) is 3.68. The summed E-state index contributed by atoms with van der Waals surface area (Å²) in [5, 5.41) is 0. The fraction of sp³-hybridized carbons (Fsp3) is 1.00. The van der Waals surface area contributed by atoms with E-state index in [0.717, 1.165) is 16.3 Å². The maximum atomic E-state index is 12.1. The van der Waals surface area contributed by atoms with E-state index in [9.17, 15) is 16.8 Å². The molecular formula is C6H18Cl2N6O4P2S2. The van der Waals surface area contributed by atoms with Crippen molar-refractivity contribution < 1.29 is 16.8 Å². The molecule has 0 aliphatic carbocycles. The first-order chi connectivity index (χ1) is 9.58. The van der Waals surface area contributed by atoms with Crippen molar-refractivity contribution in [1.82, 2.24) is 25.2 Å². The Labute approximate surface area is 140 Å². The van der Waals surface area contributed by atoms with E-state index < -0.39 is 33.5 Å². The molecule has 0 N–H and O–H groups in total. The van der Waals surface area contributed by atoms with Crippen LogP contribution in [0.25, 0.3) is 0 Å². The Kier molecular flexibility index (Phi) is 3.07. The van der Waals surface area contributed by atoms with E-state index in [2.05, 4.69) is 0 Å². The Hall–Kier alpha value is 1.10. The molecule has 3 rings (SSSR count). The van der Waals surface area contributed by atoms with Crippen LogP contribution in [0.5, 0.6) is 0 Å². The molecule has 2 spiro atoms. The molecule has 0 radical (unpaired) electrons. The summed E-state index contributed by atoms with van der Waals surface area (Å²) in [5.41, 5.74) is 0. The zero-order valence-electron chi connectivity index (χ0n) is 12.8. The van der Waals surface area contributed by atoms with E-state index in [1.54, 1.807) is 23.0 Å². The molecule has 0 saturated carbocycles. The van der Waals surface area contributed by atoms with Crippen molar-refractivity contribution in [2.24, 2.45) is 0 Å². The van der Waals surface area contributed by atoms with Gasteiger partial charge >= 0.3 is 140 Å². The van der Waals surface area contributed by atoms with Gasteiger partial charge in [-0.3, -0.25) is 0 Å². The van der Waals surface area contributed by atoms with Crippen molar-refractivity contribution in [1.29, 1.82) is 0 Å². The van der Waals surface area contributed by atoms with E-state index in [1.165, 1.54) is 28.2 Å². The molecule has 0 atom stereocenters. The maximum absolute atomic E-state index is 12.1. The van der Waals surface area contributed by atoms with Crippen LogP contribution in [0.15, 0.2) is 0 Å². The van der Waals surface area contributed by atoms with Crippen LogP contribution < -0.4 is 0 Å². The van der Waals surface area contributed by atoms with Gasteiger partial charge in [0.15, 0.2) is 0 Å². The second kappa shape index (κ2) is 3.77. The molecule has 132 valence electrons. The molecule has 10 nitrogen and oxygen atoms in total. The number of rotatable bonds is 0. The topological polar surface area (TPSA) is 87.7 Å². The quantitative estimate of drug-likeness (QED) is 0.525. The Bertz CT molecular complexity index is 705. The van der Waals surface area contributed by atoms with Gasteiger partial charge in [-0.05, 0) is 0 Å². The zero-order valence-corrected chi connectivity index (χ0v) is 17.7. The van der Waals surface area contributed by atoms with Crippen LogP contribution in [0, 0.1) is 0 Å². The molecule has 3 aliphatic rings. The molecule has 3 aliphatic heterocycles. The Balaban J connectivity index is 2.24. The molecule has 16 heteroatoms. The number of halogens is 2. The molecule has 0 aromatic rings. The van der Waals surface area contributed by atoms with Crippen LogP contribution in [0.1, 0.15) is 0 Å². The first kappa shape index (κ1) is 17.9. The van der Waals surface area contributed by atoms with Crippen molar-refractivity contribution in [2.75, 3.05) is 42.3 Å². The van der Waals surface area contributed by atoms with Crippen LogP contribution >= 0.6 is 35.6 Å². The molecule has 3 fully saturated rings. The van der Waals surface area contributed by atoms with E-state index in [1.807, 2.05) is 0 Å². The van der Waals surface area contributed by atoms with Gasteiger partial charge in [0.05, 0.1) is 0 Å². The monoisotopic (exact) mass is 434 g/mol. The molecule has 22 heavy (non-hydrogen) atoms. The van der Waals surface area contributed by atoms with E-state index in [0.29, 0.717) is 0 Å². The van der Waals surface area contributed by atoms with E-state index in [-0.39, 0.29) is 0 Å². The van der Waals surface area contributed by atoms with Gasteiger partial charge < -0.3 is 0 Å². The zero-order chi connectivity index (χ0) is 17.4. The molecule has 0 bridgehead atoms. The van der Waals surface area contributed by atoms with Crippen molar-refractivity contribution in [3.8, 4) is 0 Å². The SMILES string of the molecule is CN1S(=O)(=O)N(C)P12(Cl)N(C)P1(Cl)(N(C)S(=O)(=O)N1C)N2C. The first-order valence-electron chi connectivity index (χ1n) is 6.02. The summed E-state index contributed by atoms with van der Waals surface area (Å²) in [7, 11) is 1.30. The van der Waals surface area contributed by atoms with E-state index in [4.69, 9.17) is 22.5 Å². The summed E-state index contributed by atoms with van der Waals surface area (Å²) < 4.78 is 56.0. The molecule has 0 aromatic carbocycles. The van der Waals surface area contributed by atoms with Crippen LogP contribution in [0.3, 0.4) is 0 Å². The number of nitrogens with zero attached hydrogens (tertiary/aromatic N) is 6. The Morgan fingerprint density at radius 1 is 0.591 bits per heavy atom. The third kappa shape index (κ3) is 1.07. The van der Waals surface area contributed by atoms with Gasteiger partial charge in [0.2, 0.25) is 0 Å². The molecule has 3 heterocycles. The van der Waals surface area contributed by atoms with Crippen molar-refractivity contribution >= 4 is 56.0 Å². The van der Waals surface area contributed by atoms with Gasteiger partial charge in [-0.1, -0.05) is 0 Å². The van der Waals surface area contributed by atoms with E-state index >= 15 is 0 Å². The summed E-state index contributed by atoms with van der Waals surface area (Å²) in [6.45, 7) is -7.73. The summed E-state index contributed by atoms with van der Waals surface area (Å²) in [6, 6.07) is 0. The molecular weight excluding hydrogens is 417 g/mol.